The van der Waals surface area contributed by atoms with Gasteiger partial charge in [0.1, 0.15) is 17.2 Å². The van der Waals surface area contributed by atoms with Gasteiger partial charge in [0.15, 0.2) is 5.65 Å². The number of nitro groups is 1. The first-order chi connectivity index (χ1) is 13.9. The Bertz CT molecular complexity index is 1270. The first-order valence-corrected chi connectivity index (χ1v) is 8.28. The first kappa shape index (κ1) is 18.2. The quantitative estimate of drug-likeness (QED) is 0.418. The van der Waals surface area contributed by atoms with Crippen molar-refractivity contribution in [2.75, 3.05) is 5.32 Å². The van der Waals surface area contributed by atoms with Gasteiger partial charge in [-0.1, -0.05) is 12.1 Å². The van der Waals surface area contributed by atoms with Gasteiger partial charge < -0.3 is 5.32 Å². The van der Waals surface area contributed by atoms with Gasteiger partial charge in [-0.2, -0.15) is 5.10 Å². The van der Waals surface area contributed by atoms with E-state index in [2.05, 4.69) is 15.4 Å². The fourth-order valence-corrected chi connectivity index (χ4v) is 2.83. The molecule has 0 aliphatic rings. The average molecular weight is 395 g/mol. The van der Waals surface area contributed by atoms with Crippen LogP contribution in [0.3, 0.4) is 0 Å². The molecule has 8 nitrogen and oxygen atoms in total. The molecule has 29 heavy (non-hydrogen) atoms. The van der Waals surface area contributed by atoms with Crippen molar-refractivity contribution in [3.63, 3.8) is 0 Å². The van der Waals surface area contributed by atoms with Gasteiger partial charge >= 0.3 is 0 Å². The lowest BCUT2D eigenvalue weighted by molar-refractivity contribution is -0.384. The molecule has 0 spiro atoms. The molecule has 1 amide bonds. The summed E-state index contributed by atoms with van der Waals surface area (Å²) in [6, 6.07) is 10.3. The molecule has 4 aromatic rings. The van der Waals surface area contributed by atoms with E-state index in [1.165, 1.54) is 35.1 Å². The molecule has 2 aromatic carbocycles. The van der Waals surface area contributed by atoms with Gasteiger partial charge in [0, 0.05) is 30.0 Å². The molecule has 0 saturated carbocycles. The second-order valence-corrected chi connectivity index (χ2v) is 6.01. The summed E-state index contributed by atoms with van der Waals surface area (Å²) in [7, 11) is 0. The van der Waals surface area contributed by atoms with Crippen molar-refractivity contribution in [2.45, 2.75) is 0 Å². The third kappa shape index (κ3) is 3.38. The van der Waals surface area contributed by atoms with Crippen LogP contribution in [0.4, 0.5) is 20.2 Å². The molecule has 0 aliphatic heterocycles. The number of nitrogens with one attached hydrogen (secondary N) is 1. The van der Waals surface area contributed by atoms with Gasteiger partial charge in [-0.15, -0.1) is 0 Å². The number of fused-ring (bicyclic) bond motifs is 1. The molecule has 0 radical (unpaired) electrons. The number of aromatic nitrogens is 3. The Labute approximate surface area is 161 Å². The minimum atomic E-state index is -0.917. The van der Waals surface area contributed by atoms with Crippen molar-refractivity contribution in [3.8, 4) is 11.3 Å². The Morgan fingerprint density at radius 2 is 1.97 bits per heavy atom. The lowest BCUT2D eigenvalue weighted by Crippen LogP contribution is -2.13. The Kier molecular flexibility index (Phi) is 4.43. The largest absolute Gasteiger partial charge is 0.319 e. The van der Waals surface area contributed by atoms with Crippen LogP contribution in [-0.2, 0) is 0 Å². The van der Waals surface area contributed by atoms with E-state index in [4.69, 9.17) is 0 Å². The minimum absolute atomic E-state index is 0.0565. The Morgan fingerprint density at radius 3 is 2.72 bits per heavy atom. The first-order valence-electron chi connectivity index (χ1n) is 8.28. The van der Waals surface area contributed by atoms with Gasteiger partial charge in [0.2, 0.25) is 0 Å². The molecule has 0 saturated heterocycles. The number of non-ortho nitro benzene ring substituents is 1. The molecule has 0 atom stereocenters. The summed E-state index contributed by atoms with van der Waals surface area (Å²) in [6.07, 6.45) is 2.68. The van der Waals surface area contributed by atoms with Crippen LogP contribution >= 0.6 is 0 Å². The maximum absolute atomic E-state index is 13.8. The predicted molar refractivity (Wildman–Crippen MR) is 99.4 cm³/mol. The summed E-state index contributed by atoms with van der Waals surface area (Å²) in [5.41, 5.74) is 0.932. The van der Waals surface area contributed by atoms with E-state index in [0.717, 1.165) is 12.1 Å². The van der Waals surface area contributed by atoms with Gasteiger partial charge in [-0.3, -0.25) is 14.9 Å². The molecule has 10 heteroatoms. The van der Waals surface area contributed by atoms with Crippen LogP contribution in [0.25, 0.3) is 16.9 Å². The van der Waals surface area contributed by atoms with E-state index in [-0.39, 0.29) is 22.6 Å². The molecule has 2 heterocycles. The van der Waals surface area contributed by atoms with Gasteiger partial charge in [0.25, 0.3) is 11.6 Å². The molecule has 0 fully saturated rings. The summed E-state index contributed by atoms with van der Waals surface area (Å²) in [5.74, 6) is -2.37. The van der Waals surface area contributed by atoms with Crippen LogP contribution in [0.1, 0.15) is 10.4 Å². The minimum Gasteiger partial charge on any atom is -0.319 e. The average Bonchev–Trinajstić information content (AvgIpc) is 3.14. The van der Waals surface area contributed by atoms with Crippen LogP contribution in [0, 0.1) is 21.7 Å². The zero-order chi connectivity index (χ0) is 20.5. The number of anilines is 1. The zero-order valence-electron chi connectivity index (χ0n) is 14.5. The van der Waals surface area contributed by atoms with Gasteiger partial charge in [-0.05, 0) is 18.2 Å². The van der Waals surface area contributed by atoms with E-state index in [0.29, 0.717) is 17.3 Å². The number of halogens is 2. The Hall–Kier alpha value is -4.21. The fourth-order valence-electron chi connectivity index (χ4n) is 2.83. The van der Waals surface area contributed by atoms with Gasteiger partial charge in [-0.25, -0.2) is 18.3 Å². The van der Waals surface area contributed by atoms with Crippen LogP contribution in [-0.4, -0.2) is 25.4 Å². The van der Waals surface area contributed by atoms with Gasteiger partial charge in [0.05, 0.1) is 22.5 Å². The normalized spacial score (nSPS) is 10.8. The summed E-state index contributed by atoms with van der Waals surface area (Å²) in [6.45, 7) is 0. The number of carbonyl (C=O) groups is 1. The summed E-state index contributed by atoms with van der Waals surface area (Å²) >= 11 is 0. The van der Waals surface area contributed by atoms with Crippen LogP contribution in [0.15, 0.2) is 60.9 Å². The van der Waals surface area contributed by atoms with E-state index in [1.807, 2.05) is 0 Å². The monoisotopic (exact) mass is 395 g/mol. The fraction of sp³-hybridized carbons (Fsp3) is 0. The number of carbonyl (C=O) groups excluding carboxylic acids is 1. The Morgan fingerprint density at radius 1 is 1.14 bits per heavy atom. The highest BCUT2D eigenvalue weighted by Gasteiger charge is 2.18. The molecule has 1 N–H and O–H groups in total. The molecular formula is C19H11F2N5O3. The maximum atomic E-state index is 13.8. The Balaban J connectivity index is 1.73. The second kappa shape index (κ2) is 7.08. The van der Waals surface area contributed by atoms with Crippen molar-refractivity contribution >= 4 is 22.9 Å². The number of nitro benzene ring substituents is 1. The lowest BCUT2D eigenvalue weighted by Gasteiger charge is -2.07. The second-order valence-electron chi connectivity index (χ2n) is 6.01. The molecule has 4 rings (SSSR count). The highest BCUT2D eigenvalue weighted by atomic mass is 19.1. The summed E-state index contributed by atoms with van der Waals surface area (Å²) < 4.78 is 28.2. The number of rotatable bonds is 4. The smallest absolute Gasteiger partial charge is 0.270 e. The van der Waals surface area contributed by atoms with Crippen molar-refractivity contribution in [1.29, 1.82) is 0 Å². The molecular weight excluding hydrogens is 384 g/mol. The maximum Gasteiger partial charge on any atom is 0.270 e. The summed E-state index contributed by atoms with van der Waals surface area (Å²) in [5, 5.41) is 17.5. The van der Waals surface area contributed by atoms with Crippen molar-refractivity contribution in [2.24, 2.45) is 0 Å². The highest BCUT2D eigenvalue weighted by molar-refractivity contribution is 6.08. The number of amides is 1. The standard InChI is InChI=1S/C19H11F2N5O3/c20-12-4-5-16(15(21)9-12)24-19(27)14-10-23-25-17(6-7-22-18(14)25)11-2-1-3-13(8-11)26(28)29/h1-10H,(H,24,27). The van der Waals surface area contributed by atoms with Crippen molar-refractivity contribution in [3.05, 3.63) is 88.2 Å². The van der Waals surface area contributed by atoms with Crippen LogP contribution in [0.5, 0.6) is 0 Å². The molecule has 0 aliphatic carbocycles. The lowest BCUT2D eigenvalue weighted by atomic mass is 10.1. The van der Waals surface area contributed by atoms with Crippen LogP contribution in [0.2, 0.25) is 0 Å². The van der Waals surface area contributed by atoms with Crippen molar-refractivity contribution < 1.29 is 18.5 Å². The van der Waals surface area contributed by atoms with E-state index < -0.39 is 22.5 Å². The third-order valence-electron chi connectivity index (χ3n) is 4.18. The third-order valence-corrected chi connectivity index (χ3v) is 4.18. The topological polar surface area (TPSA) is 102 Å². The number of hydrogen-bond acceptors (Lipinski definition) is 5. The van der Waals surface area contributed by atoms with Crippen LogP contribution < -0.4 is 5.32 Å². The van der Waals surface area contributed by atoms with E-state index >= 15 is 0 Å². The predicted octanol–water partition coefficient (Wildman–Crippen LogP) is 3.84. The van der Waals surface area contributed by atoms with Crippen molar-refractivity contribution in [1.82, 2.24) is 14.6 Å². The number of nitrogens with zero attached hydrogens (tertiary/aromatic N) is 4. The van der Waals surface area contributed by atoms with E-state index in [9.17, 15) is 23.7 Å². The SMILES string of the molecule is O=C(Nc1ccc(F)cc1F)c1cnn2c(-c3cccc([N+](=O)[O-])c3)ccnc12. The number of benzene rings is 2. The highest BCUT2D eigenvalue weighted by Crippen LogP contribution is 2.25. The summed E-state index contributed by atoms with van der Waals surface area (Å²) in [4.78, 5) is 27.2. The molecule has 0 bridgehead atoms. The molecule has 144 valence electrons. The van der Waals surface area contributed by atoms with E-state index in [1.54, 1.807) is 12.1 Å². The number of hydrogen-bond donors (Lipinski definition) is 1. The molecule has 0 unspecified atom stereocenters. The molecule has 2 aromatic heterocycles. The zero-order valence-corrected chi connectivity index (χ0v) is 14.5.